The number of benzene rings is 1. The second kappa shape index (κ2) is 7.22. The van der Waals surface area contributed by atoms with Crippen molar-refractivity contribution in [1.29, 1.82) is 0 Å². The Morgan fingerprint density at radius 3 is 2.18 bits per heavy atom. The van der Waals surface area contributed by atoms with Gasteiger partial charge in [0.15, 0.2) is 0 Å². The van der Waals surface area contributed by atoms with Crippen molar-refractivity contribution in [1.82, 2.24) is 9.97 Å². The zero-order valence-corrected chi connectivity index (χ0v) is 13.6. The van der Waals surface area contributed by atoms with E-state index in [9.17, 15) is 0 Å². The van der Waals surface area contributed by atoms with Crippen molar-refractivity contribution in [3.8, 4) is 5.75 Å². The molecule has 0 aliphatic rings. The molecule has 5 nitrogen and oxygen atoms in total. The van der Waals surface area contributed by atoms with Crippen molar-refractivity contribution in [3.63, 3.8) is 0 Å². The van der Waals surface area contributed by atoms with Gasteiger partial charge in [0, 0.05) is 31.4 Å². The van der Waals surface area contributed by atoms with Gasteiger partial charge in [-0.3, -0.25) is 0 Å². The Labute approximate surface area is 131 Å². The van der Waals surface area contributed by atoms with Gasteiger partial charge in [-0.1, -0.05) is 12.1 Å². The van der Waals surface area contributed by atoms with Gasteiger partial charge in [0.2, 0.25) is 5.95 Å². The van der Waals surface area contributed by atoms with E-state index in [1.807, 2.05) is 37.9 Å². The molecule has 0 unspecified atom stereocenters. The highest BCUT2D eigenvalue weighted by atomic mass is 16.5. The Morgan fingerprint density at radius 1 is 1.09 bits per heavy atom. The molecule has 1 heterocycles. The molecule has 0 saturated carbocycles. The topological polar surface area (TPSA) is 58.5 Å². The summed E-state index contributed by atoms with van der Waals surface area (Å²) in [5, 5.41) is 9.02. The van der Waals surface area contributed by atoms with E-state index in [-0.39, 0.29) is 6.61 Å². The molecular weight excluding hydrogens is 278 g/mol. The Morgan fingerprint density at radius 2 is 1.68 bits per heavy atom. The van der Waals surface area contributed by atoms with E-state index < -0.39 is 0 Å². The maximum absolute atomic E-state index is 9.02. The van der Waals surface area contributed by atoms with Crippen LogP contribution in [0, 0.1) is 13.8 Å². The third-order valence-corrected chi connectivity index (χ3v) is 3.73. The van der Waals surface area contributed by atoms with Crippen LogP contribution in [0.15, 0.2) is 24.3 Å². The predicted octanol–water partition coefficient (Wildman–Crippen LogP) is 2.12. The molecule has 2 aromatic rings. The molecule has 2 rings (SSSR count). The van der Waals surface area contributed by atoms with Crippen LogP contribution >= 0.6 is 0 Å². The lowest BCUT2D eigenvalue weighted by Crippen LogP contribution is -2.24. The summed E-state index contributed by atoms with van der Waals surface area (Å²) in [7, 11) is 3.55. The predicted molar refractivity (Wildman–Crippen MR) is 87.7 cm³/mol. The van der Waals surface area contributed by atoms with Crippen LogP contribution in [0.4, 0.5) is 5.95 Å². The number of ether oxygens (including phenoxy) is 1. The number of aliphatic hydroxyl groups is 1. The molecule has 0 fully saturated rings. The summed E-state index contributed by atoms with van der Waals surface area (Å²) in [4.78, 5) is 11.0. The minimum absolute atomic E-state index is 0.0888. The molecule has 118 valence electrons. The summed E-state index contributed by atoms with van der Waals surface area (Å²) in [5.41, 5.74) is 4.30. The second-order valence-electron chi connectivity index (χ2n) is 5.34. The van der Waals surface area contributed by atoms with Gasteiger partial charge >= 0.3 is 0 Å². The van der Waals surface area contributed by atoms with Gasteiger partial charge in [0.05, 0.1) is 13.7 Å². The lowest BCUT2D eigenvalue weighted by atomic mass is 10.0. The van der Waals surface area contributed by atoms with Gasteiger partial charge in [-0.15, -0.1) is 0 Å². The van der Waals surface area contributed by atoms with Crippen molar-refractivity contribution in [2.75, 3.05) is 32.2 Å². The van der Waals surface area contributed by atoms with Crippen LogP contribution in [0.5, 0.6) is 5.75 Å². The monoisotopic (exact) mass is 301 g/mol. The maximum atomic E-state index is 9.02. The van der Waals surface area contributed by atoms with E-state index in [1.54, 1.807) is 7.11 Å². The van der Waals surface area contributed by atoms with Gasteiger partial charge in [-0.2, -0.15) is 0 Å². The van der Waals surface area contributed by atoms with E-state index in [0.717, 1.165) is 29.1 Å². The third kappa shape index (κ3) is 3.74. The Bertz CT molecular complexity index is 603. The normalized spacial score (nSPS) is 10.6. The summed E-state index contributed by atoms with van der Waals surface area (Å²) >= 11 is 0. The molecule has 0 amide bonds. The minimum atomic E-state index is 0.0888. The van der Waals surface area contributed by atoms with Crippen molar-refractivity contribution in [2.45, 2.75) is 20.3 Å². The van der Waals surface area contributed by atoms with E-state index in [4.69, 9.17) is 9.84 Å². The van der Waals surface area contributed by atoms with Gasteiger partial charge < -0.3 is 14.7 Å². The second-order valence-corrected chi connectivity index (χ2v) is 5.34. The van der Waals surface area contributed by atoms with E-state index in [0.29, 0.717) is 12.5 Å². The molecule has 1 aromatic carbocycles. The Hall–Kier alpha value is -2.14. The molecule has 0 aliphatic heterocycles. The summed E-state index contributed by atoms with van der Waals surface area (Å²) in [6.45, 7) is 4.62. The van der Waals surface area contributed by atoms with Crippen LogP contribution < -0.4 is 9.64 Å². The van der Waals surface area contributed by atoms with Gasteiger partial charge in [0.1, 0.15) is 5.75 Å². The molecule has 0 radical (unpaired) electrons. The fourth-order valence-corrected chi connectivity index (χ4v) is 2.35. The van der Waals surface area contributed by atoms with E-state index >= 15 is 0 Å². The molecule has 0 aliphatic carbocycles. The van der Waals surface area contributed by atoms with Crippen LogP contribution in [0.1, 0.15) is 22.5 Å². The highest BCUT2D eigenvalue weighted by Crippen LogP contribution is 2.20. The highest BCUT2D eigenvalue weighted by molar-refractivity contribution is 5.39. The molecule has 0 saturated heterocycles. The zero-order chi connectivity index (χ0) is 16.1. The van der Waals surface area contributed by atoms with Crippen molar-refractivity contribution >= 4 is 5.95 Å². The SMILES string of the molecule is COc1ccc(Cc2c(C)nc(N(C)CCO)nc2C)cc1. The number of methoxy groups -OCH3 is 1. The number of nitrogens with zero attached hydrogens (tertiary/aromatic N) is 3. The highest BCUT2D eigenvalue weighted by Gasteiger charge is 2.12. The first-order valence-corrected chi connectivity index (χ1v) is 7.34. The summed E-state index contributed by atoms with van der Waals surface area (Å²) in [6, 6.07) is 8.04. The van der Waals surface area contributed by atoms with E-state index in [2.05, 4.69) is 22.1 Å². The largest absolute Gasteiger partial charge is 0.497 e. The summed E-state index contributed by atoms with van der Waals surface area (Å²) in [6.07, 6.45) is 0.797. The Kier molecular flexibility index (Phi) is 5.33. The standard InChI is InChI=1S/C17H23N3O2/c1-12-16(11-14-5-7-15(22-4)8-6-14)13(2)19-17(18-12)20(3)9-10-21/h5-8,21H,9-11H2,1-4H3. The van der Waals surface area contributed by atoms with Crippen molar-refractivity contribution in [3.05, 3.63) is 46.8 Å². The Balaban J connectivity index is 2.23. The first-order chi connectivity index (χ1) is 10.5. The molecule has 0 atom stereocenters. The first kappa shape index (κ1) is 16.2. The zero-order valence-electron chi connectivity index (χ0n) is 13.6. The number of aliphatic hydroxyl groups excluding tert-OH is 1. The maximum Gasteiger partial charge on any atom is 0.225 e. The minimum Gasteiger partial charge on any atom is -0.497 e. The fourth-order valence-electron chi connectivity index (χ4n) is 2.35. The smallest absolute Gasteiger partial charge is 0.225 e. The molecule has 1 aromatic heterocycles. The third-order valence-electron chi connectivity index (χ3n) is 3.73. The lowest BCUT2D eigenvalue weighted by Gasteiger charge is -2.18. The number of anilines is 1. The number of rotatable bonds is 6. The first-order valence-electron chi connectivity index (χ1n) is 7.34. The van der Waals surface area contributed by atoms with Crippen molar-refractivity contribution < 1.29 is 9.84 Å². The quantitative estimate of drug-likeness (QED) is 0.885. The number of likely N-dealkylation sites (N-methyl/N-ethyl adjacent to an activating group) is 1. The van der Waals surface area contributed by atoms with Gasteiger partial charge in [0.25, 0.3) is 0 Å². The van der Waals surface area contributed by atoms with Crippen LogP contribution in [0.3, 0.4) is 0 Å². The number of aryl methyl sites for hydroxylation is 2. The summed E-state index contributed by atoms with van der Waals surface area (Å²) in [5.74, 6) is 1.51. The summed E-state index contributed by atoms with van der Waals surface area (Å²) < 4.78 is 5.18. The average Bonchev–Trinajstić information content (AvgIpc) is 2.51. The molecule has 5 heteroatoms. The number of hydrogen-bond donors (Lipinski definition) is 1. The van der Waals surface area contributed by atoms with Crippen LogP contribution in [0.2, 0.25) is 0 Å². The van der Waals surface area contributed by atoms with Crippen LogP contribution in [-0.2, 0) is 6.42 Å². The molecular formula is C17H23N3O2. The lowest BCUT2D eigenvalue weighted by molar-refractivity contribution is 0.303. The molecule has 22 heavy (non-hydrogen) atoms. The van der Waals surface area contributed by atoms with E-state index in [1.165, 1.54) is 5.56 Å². The molecule has 1 N–H and O–H groups in total. The molecule has 0 bridgehead atoms. The average molecular weight is 301 g/mol. The number of aromatic nitrogens is 2. The van der Waals surface area contributed by atoms with Crippen LogP contribution in [0.25, 0.3) is 0 Å². The van der Waals surface area contributed by atoms with Gasteiger partial charge in [-0.05, 0) is 37.1 Å². The fraction of sp³-hybridized carbons (Fsp3) is 0.412. The van der Waals surface area contributed by atoms with Crippen LogP contribution in [-0.4, -0.2) is 42.4 Å². The van der Waals surface area contributed by atoms with Gasteiger partial charge in [-0.25, -0.2) is 9.97 Å². The molecule has 0 spiro atoms. The number of hydrogen-bond acceptors (Lipinski definition) is 5. The van der Waals surface area contributed by atoms with Crippen molar-refractivity contribution in [2.24, 2.45) is 0 Å².